The molecule has 6 nitrogen and oxygen atoms in total. The molecular weight excluding hydrogens is 328 g/mol. The molecule has 138 valence electrons. The van der Waals surface area contributed by atoms with Crippen molar-refractivity contribution in [2.24, 2.45) is 0 Å². The van der Waals surface area contributed by atoms with E-state index >= 15 is 0 Å². The Bertz CT molecular complexity index is 774. The molecular formula is C20H26N4O2. The molecule has 0 spiro atoms. The first-order chi connectivity index (χ1) is 12.4. The van der Waals surface area contributed by atoms with Gasteiger partial charge in [0, 0.05) is 32.2 Å². The molecule has 2 amide bonds. The van der Waals surface area contributed by atoms with E-state index in [-0.39, 0.29) is 17.7 Å². The SMILES string of the molecule is CNC(=O)c1cc(C(C)CCNC(=O)c2cncc(C(C)C)c2)ccn1. The van der Waals surface area contributed by atoms with Crippen LogP contribution in [0.3, 0.4) is 0 Å². The lowest BCUT2D eigenvalue weighted by Crippen LogP contribution is -2.25. The lowest BCUT2D eigenvalue weighted by atomic mass is 9.98. The smallest absolute Gasteiger partial charge is 0.269 e. The van der Waals surface area contributed by atoms with Crippen molar-refractivity contribution in [1.29, 1.82) is 0 Å². The van der Waals surface area contributed by atoms with Crippen molar-refractivity contribution in [1.82, 2.24) is 20.6 Å². The van der Waals surface area contributed by atoms with Crippen LogP contribution < -0.4 is 10.6 Å². The lowest BCUT2D eigenvalue weighted by molar-refractivity contribution is 0.0947. The van der Waals surface area contributed by atoms with Gasteiger partial charge in [-0.3, -0.25) is 19.6 Å². The minimum absolute atomic E-state index is 0.118. The lowest BCUT2D eigenvalue weighted by Gasteiger charge is -2.13. The molecule has 0 radical (unpaired) electrons. The van der Waals surface area contributed by atoms with Gasteiger partial charge < -0.3 is 10.6 Å². The van der Waals surface area contributed by atoms with Crippen molar-refractivity contribution in [3.8, 4) is 0 Å². The fourth-order valence-corrected chi connectivity index (χ4v) is 2.57. The zero-order chi connectivity index (χ0) is 19.1. The van der Waals surface area contributed by atoms with Crippen molar-refractivity contribution >= 4 is 11.8 Å². The van der Waals surface area contributed by atoms with Crippen molar-refractivity contribution in [2.45, 2.75) is 39.0 Å². The second-order valence-corrected chi connectivity index (χ2v) is 6.66. The third-order valence-corrected chi connectivity index (χ3v) is 4.36. The summed E-state index contributed by atoms with van der Waals surface area (Å²) in [5.74, 6) is 0.205. The van der Waals surface area contributed by atoms with Gasteiger partial charge in [0.15, 0.2) is 0 Å². The molecule has 0 saturated heterocycles. The van der Waals surface area contributed by atoms with Crippen molar-refractivity contribution < 1.29 is 9.59 Å². The minimum Gasteiger partial charge on any atom is -0.354 e. The van der Waals surface area contributed by atoms with Crippen LogP contribution in [0.4, 0.5) is 0 Å². The Labute approximate surface area is 154 Å². The first-order valence-corrected chi connectivity index (χ1v) is 8.83. The van der Waals surface area contributed by atoms with E-state index in [1.54, 1.807) is 31.7 Å². The number of hydrogen-bond acceptors (Lipinski definition) is 4. The summed E-state index contributed by atoms with van der Waals surface area (Å²) in [6.45, 7) is 6.75. The maximum Gasteiger partial charge on any atom is 0.269 e. The average Bonchev–Trinajstić information content (AvgIpc) is 2.67. The molecule has 6 heteroatoms. The minimum atomic E-state index is -0.204. The molecule has 0 saturated carbocycles. The predicted molar refractivity (Wildman–Crippen MR) is 101 cm³/mol. The molecule has 0 aromatic carbocycles. The molecule has 2 rings (SSSR count). The summed E-state index contributed by atoms with van der Waals surface area (Å²) < 4.78 is 0. The molecule has 2 heterocycles. The van der Waals surface area contributed by atoms with Gasteiger partial charge in [0.1, 0.15) is 5.69 Å². The van der Waals surface area contributed by atoms with Crippen LogP contribution in [0.25, 0.3) is 0 Å². The Morgan fingerprint density at radius 1 is 1.08 bits per heavy atom. The highest BCUT2D eigenvalue weighted by atomic mass is 16.2. The molecule has 1 unspecified atom stereocenters. The Kier molecular flexibility index (Phi) is 6.83. The van der Waals surface area contributed by atoms with Crippen LogP contribution in [0.1, 0.15) is 71.0 Å². The van der Waals surface area contributed by atoms with Crippen LogP contribution in [0.15, 0.2) is 36.8 Å². The predicted octanol–water partition coefficient (Wildman–Crippen LogP) is 2.88. The number of rotatable bonds is 7. The highest BCUT2D eigenvalue weighted by Crippen LogP contribution is 2.19. The summed E-state index contributed by atoms with van der Waals surface area (Å²) in [7, 11) is 1.58. The van der Waals surface area contributed by atoms with E-state index in [4.69, 9.17) is 0 Å². The number of amides is 2. The monoisotopic (exact) mass is 354 g/mol. The van der Waals surface area contributed by atoms with E-state index in [0.29, 0.717) is 23.7 Å². The number of nitrogens with one attached hydrogen (secondary N) is 2. The molecule has 2 N–H and O–H groups in total. The van der Waals surface area contributed by atoms with Gasteiger partial charge in [-0.25, -0.2) is 0 Å². The summed E-state index contributed by atoms with van der Waals surface area (Å²) in [6, 6.07) is 5.57. The summed E-state index contributed by atoms with van der Waals surface area (Å²) in [4.78, 5) is 32.2. The van der Waals surface area contributed by atoms with E-state index in [1.165, 1.54) is 0 Å². The highest BCUT2D eigenvalue weighted by molar-refractivity contribution is 5.94. The number of hydrogen-bond donors (Lipinski definition) is 2. The molecule has 2 aromatic rings. The fourth-order valence-electron chi connectivity index (χ4n) is 2.57. The van der Waals surface area contributed by atoms with Gasteiger partial charge in [0.05, 0.1) is 5.56 Å². The summed E-state index contributed by atoms with van der Waals surface area (Å²) in [5.41, 5.74) is 3.05. The van der Waals surface area contributed by atoms with E-state index in [9.17, 15) is 9.59 Å². The number of carbonyl (C=O) groups is 2. The van der Waals surface area contributed by atoms with E-state index in [0.717, 1.165) is 17.5 Å². The highest BCUT2D eigenvalue weighted by Gasteiger charge is 2.12. The third kappa shape index (κ3) is 5.12. The fraction of sp³-hybridized carbons (Fsp3) is 0.400. The molecule has 0 bridgehead atoms. The van der Waals surface area contributed by atoms with E-state index in [1.807, 2.05) is 12.1 Å². The Hall–Kier alpha value is -2.76. The van der Waals surface area contributed by atoms with Crippen LogP contribution in [-0.2, 0) is 0 Å². The second-order valence-electron chi connectivity index (χ2n) is 6.66. The summed E-state index contributed by atoms with van der Waals surface area (Å²) in [5, 5.41) is 5.51. The van der Waals surface area contributed by atoms with E-state index in [2.05, 4.69) is 41.4 Å². The Morgan fingerprint density at radius 3 is 2.54 bits per heavy atom. The molecule has 26 heavy (non-hydrogen) atoms. The van der Waals surface area contributed by atoms with Crippen LogP contribution in [0, 0.1) is 0 Å². The summed E-state index contributed by atoms with van der Waals surface area (Å²) in [6.07, 6.45) is 5.78. The third-order valence-electron chi connectivity index (χ3n) is 4.36. The molecule has 0 aliphatic carbocycles. The largest absolute Gasteiger partial charge is 0.354 e. The van der Waals surface area contributed by atoms with Crippen LogP contribution in [0.5, 0.6) is 0 Å². The zero-order valence-corrected chi connectivity index (χ0v) is 15.7. The van der Waals surface area contributed by atoms with Gasteiger partial charge >= 0.3 is 0 Å². The number of carbonyl (C=O) groups excluding carboxylic acids is 2. The number of nitrogens with zero attached hydrogens (tertiary/aromatic N) is 2. The maximum absolute atomic E-state index is 12.3. The first-order valence-electron chi connectivity index (χ1n) is 8.83. The van der Waals surface area contributed by atoms with Gasteiger partial charge in [-0.1, -0.05) is 20.8 Å². The van der Waals surface area contributed by atoms with Gasteiger partial charge in [0.2, 0.25) is 0 Å². The van der Waals surface area contributed by atoms with Gasteiger partial charge in [-0.15, -0.1) is 0 Å². The van der Waals surface area contributed by atoms with Crippen molar-refractivity contribution in [2.75, 3.05) is 13.6 Å². The molecule has 1 atom stereocenters. The molecule has 0 aliphatic rings. The van der Waals surface area contributed by atoms with Gasteiger partial charge in [0.25, 0.3) is 11.8 Å². The normalized spacial score (nSPS) is 11.9. The van der Waals surface area contributed by atoms with Crippen molar-refractivity contribution in [3.05, 3.63) is 59.2 Å². The van der Waals surface area contributed by atoms with Crippen LogP contribution in [0.2, 0.25) is 0 Å². The Morgan fingerprint density at radius 2 is 1.85 bits per heavy atom. The van der Waals surface area contributed by atoms with Gasteiger partial charge in [-0.2, -0.15) is 0 Å². The first kappa shape index (κ1) is 19.6. The van der Waals surface area contributed by atoms with Gasteiger partial charge in [-0.05, 0) is 47.6 Å². The van der Waals surface area contributed by atoms with Crippen LogP contribution in [-0.4, -0.2) is 35.4 Å². The number of aromatic nitrogens is 2. The average molecular weight is 354 g/mol. The topological polar surface area (TPSA) is 84.0 Å². The quantitative estimate of drug-likeness (QED) is 0.801. The molecule has 0 fully saturated rings. The number of pyridine rings is 2. The van der Waals surface area contributed by atoms with Crippen LogP contribution >= 0.6 is 0 Å². The van der Waals surface area contributed by atoms with E-state index < -0.39 is 0 Å². The summed E-state index contributed by atoms with van der Waals surface area (Å²) >= 11 is 0. The second kappa shape index (κ2) is 9.08. The Balaban J connectivity index is 1.92. The molecule has 0 aliphatic heterocycles. The molecule has 2 aromatic heterocycles. The van der Waals surface area contributed by atoms with Crippen molar-refractivity contribution in [3.63, 3.8) is 0 Å². The maximum atomic E-state index is 12.3. The standard InChI is InChI=1S/C20H26N4O2/c1-13(2)16-9-17(12-22-11-16)19(25)24-7-5-14(3)15-6-8-23-18(10-15)20(26)21-4/h6,8-14H,5,7H2,1-4H3,(H,21,26)(H,24,25). The zero-order valence-electron chi connectivity index (χ0n) is 15.7.